The summed E-state index contributed by atoms with van der Waals surface area (Å²) < 4.78 is 16.1. The first-order valence-electron chi connectivity index (χ1n) is 8.24. The third-order valence-corrected chi connectivity index (χ3v) is 3.59. The first kappa shape index (κ1) is 20.5. The Bertz CT molecular complexity index is 481. The molecule has 7 heteroatoms. The van der Waals surface area contributed by atoms with Crippen LogP contribution in [0.4, 0.5) is 10.5 Å². The standard InChI is InChI=1S/C17H26N2O4.ClH/c1-2-3-10-22-16-6-4-5-15(14-16)18-17(20)23-13-9-19-7-11-21-12-8-19;/h4-6,14H,2-3,7-13H2,1H3,(H,18,20);1H. The maximum Gasteiger partial charge on any atom is 0.411 e. The van der Waals surface area contributed by atoms with Gasteiger partial charge in [0, 0.05) is 31.4 Å². The van der Waals surface area contributed by atoms with E-state index in [4.69, 9.17) is 14.2 Å². The number of hydrogen-bond donors (Lipinski definition) is 1. The van der Waals surface area contributed by atoms with Crippen LogP contribution in [-0.2, 0) is 9.47 Å². The van der Waals surface area contributed by atoms with Crippen molar-refractivity contribution in [2.24, 2.45) is 0 Å². The maximum absolute atomic E-state index is 11.8. The molecule has 0 bridgehead atoms. The van der Waals surface area contributed by atoms with Crippen molar-refractivity contribution in [1.82, 2.24) is 4.90 Å². The molecule has 24 heavy (non-hydrogen) atoms. The van der Waals surface area contributed by atoms with E-state index in [0.29, 0.717) is 18.9 Å². The summed E-state index contributed by atoms with van der Waals surface area (Å²) in [6.07, 6.45) is 1.67. The molecular weight excluding hydrogens is 332 g/mol. The van der Waals surface area contributed by atoms with E-state index in [1.54, 1.807) is 6.07 Å². The summed E-state index contributed by atoms with van der Waals surface area (Å²) in [5.74, 6) is 0.754. The Hall–Kier alpha value is -1.50. The minimum atomic E-state index is -0.441. The summed E-state index contributed by atoms with van der Waals surface area (Å²) in [7, 11) is 0. The fourth-order valence-electron chi connectivity index (χ4n) is 2.24. The molecule has 0 saturated carbocycles. The van der Waals surface area contributed by atoms with Crippen molar-refractivity contribution < 1.29 is 19.0 Å². The second kappa shape index (κ2) is 11.9. The van der Waals surface area contributed by atoms with Gasteiger partial charge in [0.05, 0.1) is 19.8 Å². The van der Waals surface area contributed by atoms with Gasteiger partial charge >= 0.3 is 6.09 Å². The van der Waals surface area contributed by atoms with Crippen LogP contribution in [0.2, 0.25) is 0 Å². The van der Waals surface area contributed by atoms with Crippen LogP contribution in [0.15, 0.2) is 24.3 Å². The van der Waals surface area contributed by atoms with Crippen molar-refractivity contribution in [2.75, 3.05) is 51.4 Å². The predicted molar refractivity (Wildman–Crippen MR) is 96.3 cm³/mol. The highest BCUT2D eigenvalue weighted by Gasteiger charge is 2.11. The number of carbonyl (C=O) groups is 1. The SMILES string of the molecule is CCCCOc1cccc(NC(=O)OCCN2CCOCC2)c1.Cl. The molecule has 1 aromatic rings. The molecule has 1 amide bonds. The molecular formula is C17H27ClN2O4. The molecule has 0 aromatic heterocycles. The molecule has 1 aliphatic rings. The largest absolute Gasteiger partial charge is 0.494 e. The molecule has 1 fully saturated rings. The molecule has 136 valence electrons. The van der Waals surface area contributed by atoms with Crippen molar-refractivity contribution in [3.8, 4) is 5.75 Å². The number of benzene rings is 1. The fraction of sp³-hybridized carbons (Fsp3) is 0.588. The van der Waals surface area contributed by atoms with E-state index >= 15 is 0 Å². The van der Waals surface area contributed by atoms with E-state index in [0.717, 1.165) is 51.4 Å². The number of hydrogen-bond acceptors (Lipinski definition) is 5. The number of rotatable bonds is 8. The van der Waals surface area contributed by atoms with E-state index in [9.17, 15) is 4.79 Å². The zero-order valence-electron chi connectivity index (χ0n) is 14.2. The average molecular weight is 359 g/mol. The lowest BCUT2D eigenvalue weighted by molar-refractivity contribution is 0.0290. The molecule has 1 aliphatic heterocycles. The molecule has 1 N–H and O–H groups in total. The van der Waals surface area contributed by atoms with Crippen molar-refractivity contribution in [1.29, 1.82) is 0 Å². The van der Waals surface area contributed by atoms with Gasteiger partial charge in [0.15, 0.2) is 0 Å². The third-order valence-electron chi connectivity index (χ3n) is 3.59. The molecule has 2 rings (SSSR count). The van der Waals surface area contributed by atoms with Crippen LogP contribution in [-0.4, -0.2) is 57.1 Å². The van der Waals surface area contributed by atoms with Gasteiger partial charge < -0.3 is 14.2 Å². The average Bonchev–Trinajstić information content (AvgIpc) is 2.56. The number of ether oxygens (including phenoxy) is 3. The number of carbonyl (C=O) groups excluding carboxylic acids is 1. The van der Waals surface area contributed by atoms with Gasteiger partial charge in [0.1, 0.15) is 12.4 Å². The summed E-state index contributed by atoms with van der Waals surface area (Å²) in [5.41, 5.74) is 0.676. The zero-order chi connectivity index (χ0) is 16.3. The first-order valence-corrected chi connectivity index (χ1v) is 8.24. The molecule has 0 radical (unpaired) electrons. The monoisotopic (exact) mass is 358 g/mol. The van der Waals surface area contributed by atoms with Crippen molar-refractivity contribution in [2.45, 2.75) is 19.8 Å². The number of halogens is 1. The van der Waals surface area contributed by atoms with E-state index < -0.39 is 6.09 Å². The van der Waals surface area contributed by atoms with Gasteiger partial charge in [-0.3, -0.25) is 10.2 Å². The van der Waals surface area contributed by atoms with E-state index in [1.807, 2.05) is 18.2 Å². The normalized spacial score (nSPS) is 14.5. The summed E-state index contributed by atoms with van der Waals surface area (Å²) >= 11 is 0. The Balaban J connectivity index is 0.00000288. The fourth-order valence-corrected chi connectivity index (χ4v) is 2.24. The smallest absolute Gasteiger partial charge is 0.411 e. The van der Waals surface area contributed by atoms with E-state index in [1.165, 1.54) is 0 Å². The van der Waals surface area contributed by atoms with Crippen LogP contribution >= 0.6 is 12.4 Å². The zero-order valence-corrected chi connectivity index (χ0v) is 15.0. The number of nitrogens with zero attached hydrogens (tertiary/aromatic N) is 1. The van der Waals surface area contributed by atoms with Gasteiger partial charge in [-0.25, -0.2) is 4.79 Å². The Kier molecular flexibility index (Phi) is 10.2. The number of unbranched alkanes of at least 4 members (excludes halogenated alkanes) is 1. The lowest BCUT2D eigenvalue weighted by Crippen LogP contribution is -2.38. The molecule has 0 unspecified atom stereocenters. The van der Waals surface area contributed by atoms with Crippen molar-refractivity contribution in [3.63, 3.8) is 0 Å². The first-order chi connectivity index (χ1) is 11.3. The molecule has 0 atom stereocenters. The van der Waals surface area contributed by atoms with E-state index in [-0.39, 0.29) is 12.4 Å². The lowest BCUT2D eigenvalue weighted by atomic mass is 10.3. The highest BCUT2D eigenvalue weighted by molar-refractivity contribution is 5.85. The number of nitrogens with one attached hydrogen (secondary N) is 1. The third kappa shape index (κ3) is 7.86. The van der Waals surface area contributed by atoms with Gasteiger partial charge in [-0.1, -0.05) is 19.4 Å². The number of morpholine rings is 1. The van der Waals surface area contributed by atoms with E-state index in [2.05, 4.69) is 17.1 Å². The summed E-state index contributed by atoms with van der Waals surface area (Å²) in [6, 6.07) is 7.35. The highest BCUT2D eigenvalue weighted by Crippen LogP contribution is 2.17. The molecule has 1 heterocycles. The van der Waals surface area contributed by atoms with Crippen LogP contribution in [0, 0.1) is 0 Å². The van der Waals surface area contributed by atoms with Gasteiger partial charge in [-0.15, -0.1) is 12.4 Å². The van der Waals surface area contributed by atoms with Gasteiger partial charge in [-0.05, 0) is 18.6 Å². The molecule has 1 aromatic carbocycles. The lowest BCUT2D eigenvalue weighted by Gasteiger charge is -2.26. The van der Waals surface area contributed by atoms with Gasteiger partial charge in [-0.2, -0.15) is 0 Å². The highest BCUT2D eigenvalue weighted by atomic mass is 35.5. The predicted octanol–water partition coefficient (Wildman–Crippen LogP) is 3.17. The minimum absolute atomic E-state index is 0. The van der Waals surface area contributed by atoms with Crippen LogP contribution < -0.4 is 10.1 Å². The quantitative estimate of drug-likeness (QED) is 0.723. The van der Waals surface area contributed by atoms with Crippen LogP contribution in [0.5, 0.6) is 5.75 Å². The van der Waals surface area contributed by atoms with Crippen LogP contribution in [0.3, 0.4) is 0 Å². The summed E-state index contributed by atoms with van der Waals surface area (Å²) in [5, 5.41) is 2.73. The molecule has 1 saturated heterocycles. The Morgan fingerprint density at radius 3 is 2.83 bits per heavy atom. The Morgan fingerprint density at radius 2 is 2.08 bits per heavy atom. The maximum atomic E-state index is 11.8. The second-order valence-corrected chi connectivity index (χ2v) is 5.44. The topological polar surface area (TPSA) is 60.0 Å². The molecule has 6 nitrogen and oxygen atoms in total. The number of amides is 1. The summed E-state index contributed by atoms with van der Waals surface area (Å²) in [6.45, 7) is 7.19. The van der Waals surface area contributed by atoms with Crippen LogP contribution in [0.1, 0.15) is 19.8 Å². The van der Waals surface area contributed by atoms with Crippen LogP contribution in [0.25, 0.3) is 0 Å². The molecule has 0 spiro atoms. The van der Waals surface area contributed by atoms with Gasteiger partial charge in [0.2, 0.25) is 0 Å². The summed E-state index contributed by atoms with van der Waals surface area (Å²) in [4.78, 5) is 14.0. The second-order valence-electron chi connectivity index (χ2n) is 5.44. The molecule has 0 aliphatic carbocycles. The Labute approximate surface area is 149 Å². The van der Waals surface area contributed by atoms with Crippen molar-refractivity contribution in [3.05, 3.63) is 24.3 Å². The minimum Gasteiger partial charge on any atom is -0.494 e. The number of anilines is 1. The van der Waals surface area contributed by atoms with Crippen molar-refractivity contribution >= 4 is 24.2 Å². The van der Waals surface area contributed by atoms with Gasteiger partial charge in [0.25, 0.3) is 0 Å². The Morgan fingerprint density at radius 1 is 1.29 bits per heavy atom.